The number of nitrogens with two attached hydrogens (primary N) is 1. The van der Waals surface area contributed by atoms with Gasteiger partial charge in [-0.15, -0.1) is 0 Å². The fraction of sp³-hybridized carbons (Fsp3) is 0.500. The predicted octanol–water partition coefficient (Wildman–Crippen LogP) is 2.79. The highest BCUT2D eigenvalue weighted by Gasteiger charge is 2.32. The fourth-order valence-electron chi connectivity index (χ4n) is 2.83. The fourth-order valence-corrected chi connectivity index (χ4v) is 3.30. The summed E-state index contributed by atoms with van der Waals surface area (Å²) in [5.41, 5.74) is 6.12. The first-order chi connectivity index (χ1) is 9.02. The average Bonchev–Trinajstić information content (AvgIpc) is 2.84. The van der Waals surface area contributed by atoms with E-state index in [2.05, 4.69) is 15.9 Å². The molecule has 1 saturated carbocycles. The highest BCUT2D eigenvalue weighted by molar-refractivity contribution is 9.10. The standard InChI is InChI=1S/C14H18BrFN2O/c1-18(13-4-2-3-9(13)8-17)14(19)10-5-11(15)7-12(16)6-10/h5-7,9,13H,2-4,8,17H2,1H3. The summed E-state index contributed by atoms with van der Waals surface area (Å²) in [4.78, 5) is 14.1. The molecule has 0 bridgehead atoms. The third-order valence-corrected chi connectivity index (χ3v) is 4.31. The second-order valence-electron chi connectivity index (χ2n) is 5.07. The van der Waals surface area contributed by atoms with Crippen molar-refractivity contribution in [3.8, 4) is 0 Å². The first-order valence-corrected chi connectivity index (χ1v) is 7.25. The number of halogens is 2. The van der Waals surface area contributed by atoms with Crippen molar-refractivity contribution in [2.24, 2.45) is 11.7 Å². The van der Waals surface area contributed by atoms with E-state index < -0.39 is 5.82 Å². The van der Waals surface area contributed by atoms with Crippen molar-refractivity contribution in [3.63, 3.8) is 0 Å². The van der Waals surface area contributed by atoms with Gasteiger partial charge in [0.05, 0.1) is 0 Å². The van der Waals surface area contributed by atoms with Crippen LogP contribution in [0.4, 0.5) is 4.39 Å². The van der Waals surface area contributed by atoms with E-state index >= 15 is 0 Å². The zero-order chi connectivity index (χ0) is 14.0. The van der Waals surface area contributed by atoms with Crippen LogP contribution in [0, 0.1) is 11.7 Å². The van der Waals surface area contributed by atoms with Crippen LogP contribution in [0.1, 0.15) is 29.6 Å². The molecule has 0 aliphatic heterocycles. The quantitative estimate of drug-likeness (QED) is 0.927. The van der Waals surface area contributed by atoms with Gasteiger partial charge in [0, 0.05) is 23.1 Å². The molecule has 5 heteroatoms. The summed E-state index contributed by atoms with van der Waals surface area (Å²) < 4.78 is 13.9. The molecule has 1 aliphatic carbocycles. The number of amides is 1. The Morgan fingerprint density at radius 2 is 2.21 bits per heavy atom. The van der Waals surface area contributed by atoms with Crippen molar-refractivity contribution in [3.05, 3.63) is 34.1 Å². The topological polar surface area (TPSA) is 46.3 Å². The Kier molecular flexibility index (Phi) is 4.58. The first-order valence-electron chi connectivity index (χ1n) is 6.46. The van der Waals surface area contributed by atoms with Gasteiger partial charge in [0.2, 0.25) is 0 Å². The van der Waals surface area contributed by atoms with E-state index in [9.17, 15) is 9.18 Å². The number of benzene rings is 1. The van der Waals surface area contributed by atoms with Gasteiger partial charge in [0.15, 0.2) is 0 Å². The third-order valence-electron chi connectivity index (χ3n) is 3.85. The molecule has 1 aromatic carbocycles. The zero-order valence-corrected chi connectivity index (χ0v) is 12.5. The van der Waals surface area contributed by atoms with Crippen LogP contribution < -0.4 is 5.73 Å². The minimum atomic E-state index is -0.409. The number of carbonyl (C=O) groups excluding carboxylic acids is 1. The van der Waals surface area contributed by atoms with E-state index in [1.54, 1.807) is 18.0 Å². The second-order valence-corrected chi connectivity index (χ2v) is 5.98. The van der Waals surface area contributed by atoms with Gasteiger partial charge in [-0.25, -0.2) is 4.39 Å². The van der Waals surface area contributed by atoms with E-state index in [1.807, 2.05) is 0 Å². The Morgan fingerprint density at radius 3 is 2.84 bits per heavy atom. The Hall–Kier alpha value is -0.940. The van der Waals surface area contributed by atoms with Gasteiger partial charge in [-0.1, -0.05) is 22.4 Å². The molecule has 0 saturated heterocycles. The molecule has 19 heavy (non-hydrogen) atoms. The lowest BCUT2D eigenvalue weighted by atomic mass is 10.0. The second kappa shape index (κ2) is 6.01. The van der Waals surface area contributed by atoms with Gasteiger partial charge in [-0.05, 0) is 43.5 Å². The Labute approximate surface area is 121 Å². The normalized spacial score (nSPS) is 22.5. The van der Waals surface area contributed by atoms with Gasteiger partial charge in [0.1, 0.15) is 5.82 Å². The lowest BCUT2D eigenvalue weighted by Gasteiger charge is -2.29. The van der Waals surface area contributed by atoms with Crippen molar-refractivity contribution in [1.82, 2.24) is 4.90 Å². The van der Waals surface area contributed by atoms with Gasteiger partial charge < -0.3 is 10.6 Å². The van der Waals surface area contributed by atoms with Crippen LogP contribution in [-0.2, 0) is 0 Å². The molecule has 1 fully saturated rings. The molecule has 0 heterocycles. The molecular formula is C14H18BrFN2O. The Balaban J connectivity index is 2.18. The molecule has 2 rings (SSSR count). The monoisotopic (exact) mass is 328 g/mol. The minimum Gasteiger partial charge on any atom is -0.338 e. The maximum Gasteiger partial charge on any atom is 0.253 e. The van der Waals surface area contributed by atoms with Gasteiger partial charge >= 0.3 is 0 Å². The Bertz CT molecular complexity index is 460. The van der Waals surface area contributed by atoms with Crippen molar-refractivity contribution in [1.29, 1.82) is 0 Å². The van der Waals surface area contributed by atoms with Crippen molar-refractivity contribution < 1.29 is 9.18 Å². The van der Waals surface area contributed by atoms with Crippen molar-refractivity contribution >= 4 is 21.8 Å². The molecule has 2 N–H and O–H groups in total. The highest BCUT2D eigenvalue weighted by Crippen LogP contribution is 2.29. The van der Waals surface area contributed by atoms with E-state index in [-0.39, 0.29) is 11.9 Å². The Morgan fingerprint density at radius 1 is 1.47 bits per heavy atom. The summed E-state index contributed by atoms with van der Waals surface area (Å²) in [6.07, 6.45) is 3.13. The van der Waals surface area contributed by atoms with Crippen LogP contribution >= 0.6 is 15.9 Å². The molecule has 2 atom stereocenters. The summed E-state index contributed by atoms with van der Waals surface area (Å²) in [5, 5.41) is 0. The summed E-state index contributed by atoms with van der Waals surface area (Å²) in [6, 6.07) is 4.43. The number of hydrogen-bond acceptors (Lipinski definition) is 2. The maximum atomic E-state index is 13.4. The summed E-state index contributed by atoms with van der Waals surface area (Å²) in [7, 11) is 1.78. The lowest BCUT2D eigenvalue weighted by Crippen LogP contribution is -2.41. The van der Waals surface area contributed by atoms with E-state index in [0.29, 0.717) is 22.5 Å². The van der Waals surface area contributed by atoms with Crippen molar-refractivity contribution in [2.45, 2.75) is 25.3 Å². The number of carbonyl (C=O) groups is 1. The average molecular weight is 329 g/mol. The van der Waals surface area contributed by atoms with Crippen LogP contribution in [-0.4, -0.2) is 30.4 Å². The predicted molar refractivity (Wildman–Crippen MR) is 76.4 cm³/mol. The number of hydrogen-bond donors (Lipinski definition) is 1. The number of nitrogens with zero attached hydrogens (tertiary/aromatic N) is 1. The molecule has 104 valence electrons. The van der Waals surface area contributed by atoms with Crippen LogP contribution in [0.5, 0.6) is 0 Å². The van der Waals surface area contributed by atoms with Crippen LogP contribution in [0.2, 0.25) is 0 Å². The van der Waals surface area contributed by atoms with Crippen LogP contribution in [0.3, 0.4) is 0 Å². The molecular weight excluding hydrogens is 311 g/mol. The summed E-state index contributed by atoms with van der Waals surface area (Å²) >= 11 is 3.21. The first kappa shape index (κ1) is 14.5. The molecule has 2 unspecified atom stereocenters. The van der Waals surface area contributed by atoms with Gasteiger partial charge in [0.25, 0.3) is 5.91 Å². The van der Waals surface area contributed by atoms with Crippen molar-refractivity contribution in [2.75, 3.05) is 13.6 Å². The largest absolute Gasteiger partial charge is 0.338 e. The highest BCUT2D eigenvalue weighted by atomic mass is 79.9. The maximum absolute atomic E-state index is 13.4. The van der Waals surface area contributed by atoms with E-state index in [4.69, 9.17) is 5.73 Å². The van der Waals surface area contributed by atoms with Crippen LogP contribution in [0.15, 0.2) is 22.7 Å². The zero-order valence-electron chi connectivity index (χ0n) is 10.9. The van der Waals surface area contributed by atoms with Gasteiger partial charge in [-0.3, -0.25) is 4.79 Å². The SMILES string of the molecule is CN(C(=O)c1cc(F)cc(Br)c1)C1CCCC1CN. The molecule has 0 aromatic heterocycles. The minimum absolute atomic E-state index is 0.148. The smallest absolute Gasteiger partial charge is 0.253 e. The molecule has 3 nitrogen and oxygen atoms in total. The van der Waals surface area contributed by atoms with E-state index in [1.165, 1.54) is 12.1 Å². The summed E-state index contributed by atoms with van der Waals surface area (Å²) in [6.45, 7) is 0.592. The van der Waals surface area contributed by atoms with E-state index in [0.717, 1.165) is 19.3 Å². The molecule has 1 aliphatic rings. The molecule has 1 aromatic rings. The third kappa shape index (κ3) is 3.15. The molecule has 1 amide bonds. The molecule has 0 spiro atoms. The number of rotatable bonds is 3. The lowest BCUT2D eigenvalue weighted by molar-refractivity contribution is 0.0699. The molecule has 0 radical (unpaired) electrons. The summed E-state index contributed by atoms with van der Waals surface area (Å²) in [5.74, 6) is -0.204. The van der Waals surface area contributed by atoms with Crippen LogP contribution in [0.25, 0.3) is 0 Å². The van der Waals surface area contributed by atoms with Gasteiger partial charge in [-0.2, -0.15) is 0 Å².